The van der Waals surface area contributed by atoms with Crippen molar-refractivity contribution in [2.45, 2.75) is 65.0 Å². The lowest BCUT2D eigenvalue weighted by Gasteiger charge is -2.33. The molecule has 1 aromatic rings. The second kappa shape index (κ2) is 9.45. The lowest BCUT2D eigenvalue weighted by atomic mass is 9.93. The highest BCUT2D eigenvalue weighted by Crippen LogP contribution is 2.24. The van der Waals surface area contributed by atoms with Gasteiger partial charge < -0.3 is 15.0 Å². The minimum atomic E-state index is -0.481. The fraction of sp³-hybridized carbons (Fsp3) is 0.619. The molecule has 2 amide bonds. The SMILES string of the molecule is CC[C@@H](NC(=O)CC1CCN(C(=O)OC(C)(C)C)CC1)c1ccc(Cl)cc1. The van der Waals surface area contributed by atoms with Crippen molar-refractivity contribution in [1.29, 1.82) is 0 Å². The monoisotopic (exact) mass is 394 g/mol. The summed E-state index contributed by atoms with van der Waals surface area (Å²) in [4.78, 5) is 26.3. The van der Waals surface area contributed by atoms with Gasteiger partial charge in [-0.25, -0.2) is 4.79 Å². The molecular weight excluding hydrogens is 364 g/mol. The molecule has 1 saturated heterocycles. The minimum Gasteiger partial charge on any atom is -0.444 e. The van der Waals surface area contributed by atoms with E-state index in [9.17, 15) is 9.59 Å². The zero-order valence-corrected chi connectivity index (χ0v) is 17.5. The van der Waals surface area contributed by atoms with Crippen molar-refractivity contribution in [3.05, 3.63) is 34.9 Å². The molecule has 150 valence electrons. The fourth-order valence-corrected chi connectivity index (χ4v) is 3.40. The Hall–Kier alpha value is -1.75. The summed E-state index contributed by atoms with van der Waals surface area (Å²) >= 11 is 5.94. The Morgan fingerprint density at radius 3 is 2.33 bits per heavy atom. The van der Waals surface area contributed by atoms with Crippen LogP contribution in [0.5, 0.6) is 0 Å². The first-order valence-corrected chi connectivity index (χ1v) is 10.1. The van der Waals surface area contributed by atoms with Gasteiger partial charge in [-0.1, -0.05) is 30.7 Å². The molecule has 0 radical (unpaired) electrons. The lowest BCUT2D eigenvalue weighted by molar-refractivity contribution is -0.123. The molecule has 1 atom stereocenters. The first kappa shape index (κ1) is 21.5. The van der Waals surface area contributed by atoms with E-state index in [0.29, 0.717) is 30.5 Å². The van der Waals surface area contributed by atoms with E-state index in [2.05, 4.69) is 12.2 Å². The molecule has 1 fully saturated rings. The number of carbonyl (C=O) groups excluding carboxylic acids is 2. The number of carbonyl (C=O) groups is 2. The molecule has 0 bridgehead atoms. The molecular formula is C21H31ClN2O3. The van der Waals surface area contributed by atoms with Crippen LogP contribution < -0.4 is 5.32 Å². The molecule has 2 rings (SSSR count). The first-order chi connectivity index (χ1) is 12.7. The van der Waals surface area contributed by atoms with E-state index in [1.165, 1.54) is 0 Å². The van der Waals surface area contributed by atoms with Gasteiger partial charge in [0.1, 0.15) is 5.60 Å². The molecule has 0 spiro atoms. The van der Waals surface area contributed by atoms with Crippen LogP contribution in [0.1, 0.15) is 65.0 Å². The molecule has 1 aliphatic heterocycles. The summed E-state index contributed by atoms with van der Waals surface area (Å²) in [6.07, 6.45) is 2.70. The number of nitrogens with one attached hydrogen (secondary N) is 1. The summed E-state index contributed by atoms with van der Waals surface area (Å²) in [5.41, 5.74) is 0.583. The third-order valence-electron chi connectivity index (χ3n) is 4.76. The highest BCUT2D eigenvalue weighted by molar-refractivity contribution is 6.30. The molecule has 1 aromatic carbocycles. The van der Waals surface area contributed by atoms with Gasteiger partial charge in [0.15, 0.2) is 0 Å². The van der Waals surface area contributed by atoms with Crippen molar-refractivity contribution in [3.63, 3.8) is 0 Å². The summed E-state index contributed by atoms with van der Waals surface area (Å²) in [7, 11) is 0. The molecule has 5 nitrogen and oxygen atoms in total. The normalized spacial score (nSPS) is 16.7. The van der Waals surface area contributed by atoms with E-state index in [-0.39, 0.29) is 18.0 Å². The lowest BCUT2D eigenvalue weighted by Crippen LogP contribution is -2.42. The summed E-state index contributed by atoms with van der Waals surface area (Å²) in [6.45, 7) is 8.94. The summed E-state index contributed by atoms with van der Waals surface area (Å²) in [5, 5.41) is 3.82. The van der Waals surface area contributed by atoms with E-state index in [0.717, 1.165) is 24.8 Å². The minimum absolute atomic E-state index is 0.00313. The maximum atomic E-state index is 12.5. The Labute approximate surface area is 167 Å². The van der Waals surface area contributed by atoms with Gasteiger partial charge in [0, 0.05) is 24.5 Å². The topological polar surface area (TPSA) is 58.6 Å². The van der Waals surface area contributed by atoms with E-state index < -0.39 is 5.60 Å². The van der Waals surface area contributed by atoms with Gasteiger partial charge in [0.05, 0.1) is 6.04 Å². The average molecular weight is 395 g/mol. The average Bonchev–Trinajstić information content (AvgIpc) is 2.59. The molecule has 0 aromatic heterocycles. The third kappa shape index (κ3) is 7.06. The van der Waals surface area contributed by atoms with Gasteiger partial charge in [-0.2, -0.15) is 0 Å². The second-order valence-electron chi connectivity index (χ2n) is 8.19. The largest absolute Gasteiger partial charge is 0.444 e. The number of hydrogen-bond donors (Lipinski definition) is 1. The van der Waals surface area contributed by atoms with Crippen LogP contribution in [0.15, 0.2) is 24.3 Å². The number of likely N-dealkylation sites (tertiary alicyclic amines) is 1. The molecule has 0 unspecified atom stereocenters. The predicted molar refractivity (Wildman–Crippen MR) is 108 cm³/mol. The van der Waals surface area contributed by atoms with Gasteiger partial charge in [0.25, 0.3) is 0 Å². The Kier molecular flexibility index (Phi) is 7.54. The Morgan fingerprint density at radius 1 is 1.22 bits per heavy atom. The van der Waals surface area contributed by atoms with Gasteiger partial charge >= 0.3 is 6.09 Å². The maximum absolute atomic E-state index is 12.5. The fourth-order valence-electron chi connectivity index (χ4n) is 3.28. The first-order valence-electron chi connectivity index (χ1n) is 9.70. The molecule has 1 aliphatic rings. The Bertz CT molecular complexity index is 632. The number of hydrogen-bond acceptors (Lipinski definition) is 3. The van der Waals surface area contributed by atoms with Crippen molar-refractivity contribution in [2.75, 3.05) is 13.1 Å². The number of rotatable bonds is 5. The molecule has 0 aliphatic carbocycles. The van der Waals surface area contributed by atoms with Crippen molar-refractivity contribution in [3.8, 4) is 0 Å². The summed E-state index contributed by atoms with van der Waals surface area (Å²) in [5.74, 6) is 0.360. The number of ether oxygens (including phenoxy) is 1. The van der Waals surface area contributed by atoms with E-state index >= 15 is 0 Å². The number of nitrogens with zero attached hydrogens (tertiary/aromatic N) is 1. The number of piperidine rings is 1. The van der Waals surface area contributed by atoms with Crippen LogP contribution in [0.25, 0.3) is 0 Å². The van der Waals surface area contributed by atoms with Crippen molar-refractivity contribution in [2.24, 2.45) is 5.92 Å². The van der Waals surface area contributed by atoms with Crippen molar-refractivity contribution < 1.29 is 14.3 Å². The number of halogens is 1. The number of amides is 2. The van der Waals surface area contributed by atoms with Crippen molar-refractivity contribution >= 4 is 23.6 Å². The zero-order chi connectivity index (χ0) is 20.0. The van der Waals surface area contributed by atoms with E-state index in [1.807, 2.05) is 45.0 Å². The smallest absolute Gasteiger partial charge is 0.410 e. The third-order valence-corrected chi connectivity index (χ3v) is 5.01. The molecule has 1 N–H and O–H groups in total. The standard InChI is InChI=1S/C21H31ClN2O3/c1-5-18(16-6-8-17(22)9-7-16)23-19(25)14-15-10-12-24(13-11-15)20(26)27-21(2,3)4/h6-9,15,18H,5,10-14H2,1-4H3,(H,23,25)/t18-/m1/s1. The van der Waals surface area contributed by atoms with Crippen LogP contribution in [0.2, 0.25) is 5.02 Å². The highest BCUT2D eigenvalue weighted by Gasteiger charge is 2.28. The molecule has 27 heavy (non-hydrogen) atoms. The Morgan fingerprint density at radius 2 is 1.81 bits per heavy atom. The van der Waals surface area contributed by atoms with Crippen LogP contribution >= 0.6 is 11.6 Å². The van der Waals surface area contributed by atoms with Crippen LogP contribution in [-0.4, -0.2) is 35.6 Å². The van der Waals surface area contributed by atoms with Crippen LogP contribution in [0.4, 0.5) is 4.79 Å². The van der Waals surface area contributed by atoms with Crippen LogP contribution in [0.3, 0.4) is 0 Å². The van der Waals surface area contributed by atoms with Gasteiger partial charge in [-0.05, 0) is 63.6 Å². The quantitative estimate of drug-likeness (QED) is 0.769. The molecule has 1 heterocycles. The van der Waals surface area contributed by atoms with Crippen molar-refractivity contribution in [1.82, 2.24) is 10.2 Å². The van der Waals surface area contributed by atoms with E-state index in [1.54, 1.807) is 4.90 Å². The Balaban J connectivity index is 1.80. The highest BCUT2D eigenvalue weighted by atomic mass is 35.5. The van der Waals surface area contributed by atoms with Gasteiger partial charge in [-0.3, -0.25) is 4.79 Å². The molecule has 0 saturated carbocycles. The number of benzene rings is 1. The predicted octanol–water partition coefficient (Wildman–Crippen LogP) is 4.94. The van der Waals surface area contributed by atoms with Gasteiger partial charge in [0.2, 0.25) is 5.91 Å². The summed E-state index contributed by atoms with van der Waals surface area (Å²) < 4.78 is 5.42. The second-order valence-corrected chi connectivity index (χ2v) is 8.63. The molecule has 6 heteroatoms. The van der Waals surface area contributed by atoms with Crippen LogP contribution in [-0.2, 0) is 9.53 Å². The summed E-state index contributed by atoms with van der Waals surface area (Å²) in [6, 6.07) is 7.60. The van der Waals surface area contributed by atoms with Gasteiger partial charge in [-0.15, -0.1) is 0 Å². The van der Waals surface area contributed by atoms with E-state index in [4.69, 9.17) is 16.3 Å². The van der Waals surface area contributed by atoms with Crippen LogP contribution in [0, 0.1) is 5.92 Å². The maximum Gasteiger partial charge on any atom is 0.410 e. The zero-order valence-electron chi connectivity index (χ0n) is 16.8.